The summed E-state index contributed by atoms with van der Waals surface area (Å²) in [4.78, 5) is 21.7. The zero-order valence-corrected chi connectivity index (χ0v) is 4.50. The van der Waals surface area contributed by atoms with Crippen LogP contribution in [0.25, 0.3) is 0 Å². The van der Waals surface area contributed by atoms with Gasteiger partial charge in [0.1, 0.15) is 0 Å². The fourth-order valence-corrected chi connectivity index (χ4v) is 0.527. The van der Waals surface area contributed by atoms with Crippen molar-refractivity contribution in [2.75, 3.05) is 0 Å². The molecular formula is C6H3NO2. The Kier molecular flexibility index (Phi) is 1.08. The van der Waals surface area contributed by atoms with Gasteiger partial charge in [0.15, 0.2) is 0 Å². The molecule has 1 heterocycles. The van der Waals surface area contributed by atoms with Gasteiger partial charge in [-0.3, -0.25) is 9.59 Å². The third-order valence-electron chi connectivity index (χ3n) is 0.938. The molecule has 1 rings (SSSR count). The lowest BCUT2D eigenvalue weighted by Crippen LogP contribution is -2.23. The Hall–Kier alpha value is -1.56. The number of rotatable bonds is 0. The van der Waals surface area contributed by atoms with Crippen LogP contribution in [-0.4, -0.2) is 16.7 Å². The maximum absolute atomic E-state index is 10.5. The van der Waals surface area contributed by atoms with Crippen LogP contribution in [0.4, 0.5) is 0 Å². The Bertz CT molecular complexity index is 216. The molecule has 0 spiro atoms. The first kappa shape index (κ1) is 5.57. The molecule has 0 N–H and O–H groups in total. The summed E-state index contributed by atoms with van der Waals surface area (Å²) in [7, 11) is 0. The van der Waals surface area contributed by atoms with Crippen molar-refractivity contribution in [1.29, 1.82) is 0 Å². The predicted octanol–water partition coefficient (Wildman–Crippen LogP) is -0.498. The smallest absolute Gasteiger partial charge is 0.265 e. The van der Waals surface area contributed by atoms with E-state index in [0.29, 0.717) is 4.90 Å². The van der Waals surface area contributed by atoms with Gasteiger partial charge in [0.25, 0.3) is 11.8 Å². The van der Waals surface area contributed by atoms with Gasteiger partial charge in [-0.25, -0.2) is 0 Å². The van der Waals surface area contributed by atoms with Gasteiger partial charge in [-0.1, -0.05) is 6.42 Å². The first-order chi connectivity index (χ1) is 4.25. The average molecular weight is 121 g/mol. The van der Waals surface area contributed by atoms with Crippen molar-refractivity contribution in [3.63, 3.8) is 0 Å². The van der Waals surface area contributed by atoms with Crippen LogP contribution in [-0.2, 0) is 9.59 Å². The lowest BCUT2D eigenvalue weighted by molar-refractivity contribution is -0.132. The molecule has 0 aromatic carbocycles. The molecule has 0 aromatic rings. The molecule has 0 atom stereocenters. The molecular weight excluding hydrogens is 118 g/mol. The monoisotopic (exact) mass is 121 g/mol. The van der Waals surface area contributed by atoms with Gasteiger partial charge in [-0.05, 0) is 0 Å². The van der Waals surface area contributed by atoms with Gasteiger partial charge in [0.2, 0.25) is 0 Å². The first-order valence-electron chi connectivity index (χ1n) is 2.28. The third kappa shape index (κ3) is 0.703. The SMILES string of the molecule is C#CN1C(=O)C=CC1=O. The predicted molar refractivity (Wildman–Crippen MR) is 29.8 cm³/mol. The van der Waals surface area contributed by atoms with E-state index in [4.69, 9.17) is 6.42 Å². The second-order valence-corrected chi connectivity index (χ2v) is 1.47. The molecule has 2 amide bonds. The highest BCUT2D eigenvalue weighted by Crippen LogP contribution is 1.99. The number of terminal acetylenes is 1. The average Bonchev–Trinajstić information content (AvgIpc) is 2.12. The molecule has 0 unspecified atom stereocenters. The van der Waals surface area contributed by atoms with Crippen LogP contribution in [0, 0.1) is 12.5 Å². The molecule has 3 heteroatoms. The maximum atomic E-state index is 10.5. The summed E-state index contributed by atoms with van der Waals surface area (Å²) in [5, 5.41) is 0. The number of carbonyl (C=O) groups is 2. The normalized spacial score (nSPS) is 16.6. The minimum atomic E-state index is -0.442. The van der Waals surface area contributed by atoms with Crippen LogP contribution >= 0.6 is 0 Å². The Morgan fingerprint density at radius 3 is 2.00 bits per heavy atom. The standard InChI is InChI=1S/C6H3NO2/c1-2-7-5(8)3-4-6(7)9/h1,3-4H. The molecule has 0 fully saturated rings. The maximum Gasteiger partial charge on any atom is 0.265 e. The van der Waals surface area contributed by atoms with Crippen LogP contribution in [0.15, 0.2) is 12.2 Å². The van der Waals surface area contributed by atoms with Crippen molar-refractivity contribution in [2.24, 2.45) is 0 Å². The summed E-state index contributed by atoms with van der Waals surface area (Å²) in [5.74, 6) is -0.884. The lowest BCUT2D eigenvalue weighted by Gasteiger charge is -1.99. The molecule has 1 aliphatic heterocycles. The van der Waals surface area contributed by atoms with Gasteiger partial charge in [0, 0.05) is 18.2 Å². The van der Waals surface area contributed by atoms with Crippen LogP contribution in [0.5, 0.6) is 0 Å². The summed E-state index contributed by atoms with van der Waals surface area (Å²) in [6, 6.07) is 1.94. The van der Waals surface area contributed by atoms with Crippen molar-refractivity contribution in [1.82, 2.24) is 4.90 Å². The molecule has 0 saturated heterocycles. The Balaban J connectivity index is 2.91. The van der Waals surface area contributed by atoms with E-state index in [0.717, 1.165) is 12.2 Å². The molecule has 0 radical (unpaired) electrons. The van der Waals surface area contributed by atoms with E-state index in [1.807, 2.05) is 6.04 Å². The van der Waals surface area contributed by atoms with E-state index in [1.165, 1.54) is 0 Å². The van der Waals surface area contributed by atoms with E-state index in [9.17, 15) is 9.59 Å². The molecule has 9 heavy (non-hydrogen) atoms. The fourth-order valence-electron chi connectivity index (χ4n) is 0.527. The molecule has 1 aliphatic rings. The van der Waals surface area contributed by atoms with Gasteiger partial charge in [-0.2, -0.15) is 4.90 Å². The minimum absolute atomic E-state index is 0.442. The Labute approximate surface area is 52.0 Å². The lowest BCUT2D eigenvalue weighted by atomic mass is 10.6. The van der Waals surface area contributed by atoms with Crippen LogP contribution in [0.2, 0.25) is 0 Å². The van der Waals surface area contributed by atoms with Crippen molar-refractivity contribution < 1.29 is 9.59 Å². The largest absolute Gasteiger partial charge is 0.268 e. The number of amides is 2. The van der Waals surface area contributed by atoms with Gasteiger partial charge in [-0.15, -0.1) is 0 Å². The molecule has 44 valence electrons. The van der Waals surface area contributed by atoms with Gasteiger partial charge in [0.05, 0.1) is 0 Å². The minimum Gasteiger partial charge on any atom is -0.268 e. The second kappa shape index (κ2) is 1.75. The topological polar surface area (TPSA) is 37.4 Å². The number of hydrogen-bond acceptors (Lipinski definition) is 2. The fraction of sp³-hybridized carbons (Fsp3) is 0. The second-order valence-electron chi connectivity index (χ2n) is 1.47. The summed E-state index contributed by atoms with van der Waals surface area (Å²) in [6.07, 6.45) is 7.09. The van der Waals surface area contributed by atoms with E-state index in [2.05, 4.69) is 0 Å². The van der Waals surface area contributed by atoms with E-state index in [1.54, 1.807) is 0 Å². The van der Waals surface area contributed by atoms with Crippen LogP contribution in [0.1, 0.15) is 0 Å². The van der Waals surface area contributed by atoms with Crippen molar-refractivity contribution in [2.45, 2.75) is 0 Å². The Morgan fingerprint density at radius 1 is 1.33 bits per heavy atom. The zero-order valence-electron chi connectivity index (χ0n) is 4.50. The summed E-state index contributed by atoms with van der Waals surface area (Å²) in [5.41, 5.74) is 0. The van der Waals surface area contributed by atoms with Gasteiger partial charge >= 0.3 is 0 Å². The highest BCUT2D eigenvalue weighted by atomic mass is 16.2. The van der Waals surface area contributed by atoms with Crippen LogP contribution < -0.4 is 0 Å². The van der Waals surface area contributed by atoms with E-state index >= 15 is 0 Å². The first-order valence-corrected chi connectivity index (χ1v) is 2.28. The summed E-state index contributed by atoms with van der Waals surface area (Å²) < 4.78 is 0. The number of imide groups is 1. The van der Waals surface area contributed by atoms with E-state index < -0.39 is 11.8 Å². The molecule has 3 nitrogen and oxygen atoms in total. The van der Waals surface area contributed by atoms with Crippen LogP contribution in [0.3, 0.4) is 0 Å². The highest BCUT2D eigenvalue weighted by Gasteiger charge is 2.20. The molecule has 0 aliphatic carbocycles. The summed E-state index contributed by atoms with van der Waals surface area (Å²) >= 11 is 0. The molecule has 0 saturated carbocycles. The highest BCUT2D eigenvalue weighted by molar-refractivity contribution is 6.14. The Morgan fingerprint density at radius 2 is 1.78 bits per heavy atom. The third-order valence-corrected chi connectivity index (χ3v) is 0.938. The quantitative estimate of drug-likeness (QED) is 0.320. The summed E-state index contributed by atoms with van der Waals surface area (Å²) in [6.45, 7) is 0. The molecule has 0 bridgehead atoms. The molecule has 0 aromatic heterocycles. The van der Waals surface area contributed by atoms with Crippen molar-refractivity contribution in [3.8, 4) is 12.5 Å². The van der Waals surface area contributed by atoms with Crippen molar-refractivity contribution in [3.05, 3.63) is 12.2 Å². The zero-order chi connectivity index (χ0) is 6.85. The number of nitrogens with zero attached hydrogens (tertiary/aromatic N) is 1. The van der Waals surface area contributed by atoms with Gasteiger partial charge < -0.3 is 0 Å². The number of carbonyl (C=O) groups excluding carboxylic acids is 2. The van der Waals surface area contributed by atoms with Crippen molar-refractivity contribution >= 4 is 11.8 Å². The van der Waals surface area contributed by atoms with E-state index in [-0.39, 0.29) is 0 Å². The number of hydrogen-bond donors (Lipinski definition) is 0.